The summed E-state index contributed by atoms with van der Waals surface area (Å²) in [7, 11) is 2.14. The van der Waals surface area contributed by atoms with Gasteiger partial charge in [-0.3, -0.25) is 4.90 Å². The first-order valence-electron chi connectivity index (χ1n) is 7.26. The van der Waals surface area contributed by atoms with Crippen LogP contribution in [-0.4, -0.2) is 25.0 Å². The van der Waals surface area contributed by atoms with Gasteiger partial charge in [0.25, 0.3) is 0 Å². The molecule has 3 nitrogen and oxygen atoms in total. The molecule has 0 aromatic carbocycles. The van der Waals surface area contributed by atoms with Crippen molar-refractivity contribution in [1.82, 2.24) is 10.2 Å². The van der Waals surface area contributed by atoms with Crippen LogP contribution in [0, 0.1) is 0 Å². The van der Waals surface area contributed by atoms with Gasteiger partial charge in [0, 0.05) is 23.5 Å². The van der Waals surface area contributed by atoms with Crippen LogP contribution < -0.4 is 5.32 Å². The maximum atomic E-state index is 5.62. The van der Waals surface area contributed by atoms with Crippen LogP contribution in [0.15, 0.2) is 34.3 Å². The Morgan fingerprint density at radius 1 is 1.40 bits per heavy atom. The Morgan fingerprint density at radius 2 is 2.30 bits per heavy atom. The third-order valence-corrected chi connectivity index (χ3v) is 4.15. The average molecular weight is 292 g/mol. The quantitative estimate of drug-likeness (QED) is 0.717. The molecule has 20 heavy (non-hydrogen) atoms. The third-order valence-electron chi connectivity index (χ3n) is 3.21. The number of nitrogens with zero attached hydrogens (tertiary/aromatic N) is 1. The van der Waals surface area contributed by atoms with Crippen molar-refractivity contribution in [3.05, 3.63) is 46.0 Å². The number of likely N-dealkylation sites (N-methyl/N-ethyl adjacent to an activating group) is 1. The molecule has 2 aromatic rings. The molecule has 0 radical (unpaired) electrons. The minimum absolute atomic E-state index is 0.874. The fourth-order valence-corrected chi connectivity index (χ4v) is 2.81. The highest BCUT2D eigenvalue weighted by Gasteiger charge is 2.06. The van der Waals surface area contributed by atoms with Crippen molar-refractivity contribution < 1.29 is 4.42 Å². The summed E-state index contributed by atoms with van der Waals surface area (Å²) in [5, 5.41) is 5.53. The Kier molecular flexibility index (Phi) is 6.30. The summed E-state index contributed by atoms with van der Waals surface area (Å²) >= 11 is 1.83. The van der Waals surface area contributed by atoms with Crippen LogP contribution in [0.5, 0.6) is 0 Å². The lowest BCUT2D eigenvalue weighted by molar-refractivity contribution is 0.299. The summed E-state index contributed by atoms with van der Waals surface area (Å²) in [6.45, 7) is 6.07. The van der Waals surface area contributed by atoms with Crippen LogP contribution in [-0.2, 0) is 19.5 Å². The predicted octanol–water partition coefficient (Wildman–Crippen LogP) is 3.52. The fourth-order valence-electron chi connectivity index (χ4n) is 2.11. The standard InChI is InChI=1S/C16H24N2OS/c1-3-7-17-11-14-10-15(19-13-14)12-18(2)8-6-16-5-4-9-20-16/h4-5,9-10,13,17H,3,6-8,11-12H2,1-2H3. The maximum absolute atomic E-state index is 5.62. The first kappa shape index (κ1) is 15.3. The van der Waals surface area contributed by atoms with Gasteiger partial charge in [-0.05, 0) is 43.9 Å². The lowest BCUT2D eigenvalue weighted by Crippen LogP contribution is -2.20. The molecule has 0 aliphatic carbocycles. The molecule has 0 fully saturated rings. The van der Waals surface area contributed by atoms with Crippen LogP contribution in [0.3, 0.4) is 0 Å². The zero-order valence-corrected chi connectivity index (χ0v) is 13.2. The Morgan fingerprint density at radius 3 is 3.05 bits per heavy atom. The molecule has 0 unspecified atom stereocenters. The number of thiophene rings is 1. The number of rotatable bonds is 9. The van der Waals surface area contributed by atoms with Crippen LogP contribution in [0.4, 0.5) is 0 Å². The van der Waals surface area contributed by atoms with Crippen molar-refractivity contribution in [2.24, 2.45) is 0 Å². The lowest BCUT2D eigenvalue weighted by Gasteiger charge is -2.14. The van der Waals surface area contributed by atoms with E-state index in [0.717, 1.165) is 44.8 Å². The molecule has 2 aromatic heterocycles. The summed E-state index contributed by atoms with van der Waals surface area (Å²) < 4.78 is 5.62. The molecule has 2 heterocycles. The van der Waals surface area contributed by atoms with E-state index in [2.05, 4.69) is 47.8 Å². The van der Waals surface area contributed by atoms with Gasteiger partial charge in [-0.1, -0.05) is 13.0 Å². The van der Waals surface area contributed by atoms with Gasteiger partial charge in [0.2, 0.25) is 0 Å². The van der Waals surface area contributed by atoms with Gasteiger partial charge >= 0.3 is 0 Å². The van der Waals surface area contributed by atoms with E-state index >= 15 is 0 Å². The first-order chi connectivity index (χ1) is 9.78. The number of nitrogens with one attached hydrogen (secondary N) is 1. The molecule has 0 bridgehead atoms. The zero-order chi connectivity index (χ0) is 14.2. The van der Waals surface area contributed by atoms with E-state index in [4.69, 9.17) is 4.42 Å². The van der Waals surface area contributed by atoms with Crippen LogP contribution in [0.2, 0.25) is 0 Å². The van der Waals surface area contributed by atoms with Gasteiger partial charge in [-0.15, -0.1) is 11.3 Å². The van der Waals surface area contributed by atoms with Gasteiger partial charge in [-0.25, -0.2) is 0 Å². The monoisotopic (exact) mass is 292 g/mol. The summed E-state index contributed by atoms with van der Waals surface area (Å²) in [6, 6.07) is 6.47. The van der Waals surface area contributed by atoms with Crippen molar-refractivity contribution in [3.63, 3.8) is 0 Å². The molecule has 0 aliphatic rings. The zero-order valence-electron chi connectivity index (χ0n) is 12.4. The highest BCUT2D eigenvalue weighted by atomic mass is 32.1. The van der Waals surface area contributed by atoms with Gasteiger partial charge in [0.05, 0.1) is 12.8 Å². The molecule has 0 atom stereocenters. The summed E-state index contributed by atoms with van der Waals surface area (Å²) in [5.74, 6) is 1.05. The SMILES string of the molecule is CCCNCc1coc(CN(C)CCc2cccs2)c1. The van der Waals surface area contributed by atoms with Gasteiger partial charge in [0.15, 0.2) is 0 Å². The molecular weight excluding hydrogens is 268 g/mol. The van der Waals surface area contributed by atoms with Gasteiger partial charge in [0.1, 0.15) is 5.76 Å². The third kappa shape index (κ3) is 5.12. The topological polar surface area (TPSA) is 28.4 Å². The second-order valence-electron chi connectivity index (χ2n) is 5.17. The second-order valence-corrected chi connectivity index (χ2v) is 6.20. The van der Waals surface area contributed by atoms with Crippen LogP contribution >= 0.6 is 11.3 Å². The smallest absolute Gasteiger partial charge is 0.118 e. The highest BCUT2D eigenvalue weighted by molar-refractivity contribution is 7.09. The van der Waals surface area contributed by atoms with E-state index in [-0.39, 0.29) is 0 Å². The molecule has 0 spiro atoms. The summed E-state index contributed by atoms with van der Waals surface area (Å²) in [5.41, 5.74) is 1.24. The Bertz CT molecular complexity index is 478. The second kappa shape index (κ2) is 8.25. The van der Waals surface area contributed by atoms with Crippen LogP contribution in [0.1, 0.15) is 29.5 Å². The Hall–Kier alpha value is -1.10. The van der Waals surface area contributed by atoms with Crippen molar-refractivity contribution >= 4 is 11.3 Å². The van der Waals surface area contributed by atoms with E-state index in [1.165, 1.54) is 10.4 Å². The molecule has 0 saturated heterocycles. The maximum Gasteiger partial charge on any atom is 0.118 e. The number of furan rings is 1. The van der Waals surface area contributed by atoms with Gasteiger partial charge in [-0.2, -0.15) is 0 Å². The molecule has 0 saturated carbocycles. The Balaban J connectivity index is 1.72. The molecule has 0 amide bonds. The fraction of sp³-hybridized carbons (Fsp3) is 0.500. The van der Waals surface area contributed by atoms with Crippen molar-refractivity contribution in [2.45, 2.75) is 32.9 Å². The predicted molar refractivity (Wildman–Crippen MR) is 85.1 cm³/mol. The summed E-state index contributed by atoms with van der Waals surface area (Å²) in [6.07, 6.45) is 4.14. The van der Waals surface area contributed by atoms with Crippen LogP contribution in [0.25, 0.3) is 0 Å². The Labute approximate surface area is 125 Å². The van der Waals surface area contributed by atoms with Crippen molar-refractivity contribution in [1.29, 1.82) is 0 Å². The van der Waals surface area contributed by atoms with Crippen molar-refractivity contribution in [2.75, 3.05) is 20.1 Å². The highest BCUT2D eigenvalue weighted by Crippen LogP contribution is 2.12. The van der Waals surface area contributed by atoms with Gasteiger partial charge < -0.3 is 9.73 Å². The van der Waals surface area contributed by atoms with E-state index in [1.54, 1.807) is 0 Å². The van der Waals surface area contributed by atoms with E-state index in [1.807, 2.05) is 17.6 Å². The van der Waals surface area contributed by atoms with E-state index in [0.29, 0.717) is 0 Å². The lowest BCUT2D eigenvalue weighted by atomic mass is 10.3. The summed E-state index contributed by atoms with van der Waals surface area (Å²) in [4.78, 5) is 3.75. The van der Waals surface area contributed by atoms with Crippen molar-refractivity contribution in [3.8, 4) is 0 Å². The van der Waals surface area contributed by atoms with E-state index in [9.17, 15) is 0 Å². The van der Waals surface area contributed by atoms with E-state index < -0.39 is 0 Å². The largest absolute Gasteiger partial charge is 0.468 e. The molecule has 1 N–H and O–H groups in total. The first-order valence-corrected chi connectivity index (χ1v) is 8.14. The molecule has 4 heteroatoms. The number of hydrogen-bond donors (Lipinski definition) is 1. The minimum Gasteiger partial charge on any atom is -0.468 e. The number of hydrogen-bond acceptors (Lipinski definition) is 4. The normalized spacial score (nSPS) is 11.3. The molecular formula is C16H24N2OS. The molecule has 0 aliphatic heterocycles. The molecule has 2 rings (SSSR count). The molecule has 110 valence electrons. The minimum atomic E-state index is 0.874. The average Bonchev–Trinajstić information content (AvgIpc) is 3.08.